The smallest absolute Gasteiger partial charge is 0.236 e. The summed E-state index contributed by atoms with van der Waals surface area (Å²) in [5.41, 5.74) is 1.01. The third-order valence-corrected chi connectivity index (χ3v) is 3.19. The Balaban J connectivity index is 1.92. The lowest BCUT2D eigenvalue weighted by molar-refractivity contribution is -0.122. The van der Waals surface area contributed by atoms with Crippen molar-refractivity contribution < 1.29 is 14.3 Å². The molecule has 1 unspecified atom stereocenters. The zero-order valence-corrected chi connectivity index (χ0v) is 12.1. The number of para-hydroxylation sites is 1. The van der Waals surface area contributed by atoms with Gasteiger partial charge in [-0.1, -0.05) is 19.1 Å². The van der Waals surface area contributed by atoms with Crippen LogP contribution >= 0.6 is 0 Å². The van der Waals surface area contributed by atoms with Crippen LogP contribution in [0.4, 0.5) is 0 Å². The van der Waals surface area contributed by atoms with Crippen molar-refractivity contribution in [3.8, 4) is 11.5 Å². The maximum Gasteiger partial charge on any atom is 0.236 e. The molecule has 0 saturated carbocycles. The summed E-state index contributed by atoms with van der Waals surface area (Å²) in [7, 11) is 0. The normalized spacial score (nSPS) is 14.7. The summed E-state index contributed by atoms with van der Waals surface area (Å²) in [4.78, 5) is 11.8. The predicted molar refractivity (Wildman–Crippen MR) is 77.0 cm³/mol. The van der Waals surface area contributed by atoms with Gasteiger partial charge >= 0.3 is 0 Å². The van der Waals surface area contributed by atoms with Gasteiger partial charge in [0.15, 0.2) is 11.5 Å². The van der Waals surface area contributed by atoms with Gasteiger partial charge in [0, 0.05) is 18.7 Å². The van der Waals surface area contributed by atoms with E-state index < -0.39 is 0 Å². The Bertz CT molecular complexity index is 462. The SMILES string of the molecule is CCCNC(=O)C(C)NCc1cccc2c1OCCO2. The molecule has 2 rings (SSSR count). The number of ether oxygens (including phenoxy) is 2. The van der Waals surface area contributed by atoms with E-state index in [1.54, 1.807) is 0 Å². The minimum absolute atomic E-state index is 0.0221. The summed E-state index contributed by atoms with van der Waals surface area (Å²) >= 11 is 0. The second kappa shape index (κ2) is 7.14. The first-order valence-electron chi connectivity index (χ1n) is 7.11. The average molecular weight is 278 g/mol. The van der Waals surface area contributed by atoms with Gasteiger partial charge in [-0.25, -0.2) is 0 Å². The van der Waals surface area contributed by atoms with Crippen LogP contribution in [-0.2, 0) is 11.3 Å². The van der Waals surface area contributed by atoms with Crippen molar-refractivity contribution >= 4 is 5.91 Å². The first-order chi connectivity index (χ1) is 9.72. The van der Waals surface area contributed by atoms with Gasteiger partial charge in [-0.15, -0.1) is 0 Å². The Kier molecular flexibility index (Phi) is 5.24. The summed E-state index contributed by atoms with van der Waals surface area (Å²) in [6.07, 6.45) is 0.940. The molecular formula is C15H22N2O3. The van der Waals surface area contributed by atoms with Gasteiger partial charge in [-0.2, -0.15) is 0 Å². The predicted octanol–water partition coefficient (Wildman–Crippen LogP) is 1.46. The number of hydrogen-bond donors (Lipinski definition) is 2. The van der Waals surface area contributed by atoms with Crippen LogP contribution in [0, 0.1) is 0 Å². The highest BCUT2D eigenvalue weighted by atomic mass is 16.6. The van der Waals surface area contributed by atoms with E-state index in [1.165, 1.54) is 0 Å². The highest BCUT2D eigenvalue weighted by molar-refractivity contribution is 5.81. The number of fused-ring (bicyclic) bond motifs is 1. The summed E-state index contributed by atoms with van der Waals surface area (Å²) in [5.74, 6) is 1.58. The molecule has 0 aromatic heterocycles. The fraction of sp³-hybridized carbons (Fsp3) is 0.533. The van der Waals surface area contributed by atoms with E-state index in [4.69, 9.17) is 9.47 Å². The van der Waals surface area contributed by atoms with Gasteiger partial charge in [-0.05, 0) is 19.4 Å². The van der Waals surface area contributed by atoms with Crippen molar-refractivity contribution in [2.24, 2.45) is 0 Å². The first-order valence-corrected chi connectivity index (χ1v) is 7.11. The molecule has 1 atom stereocenters. The summed E-state index contributed by atoms with van der Waals surface area (Å²) < 4.78 is 11.2. The lowest BCUT2D eigenvalue weighted by Crippen LogP contribution is -2.42. The minimum atomic E-state index is -0.234. The Morgan fingerprint density at radius 3 is 2.95 bits per heavy atom. The molecule has 1 aliphatic heterocycles. The molecule has 1 amide bonds. The van der Waals surface area contributed by atoms with Crippen LogP contribution in [0.2, 0.25) is 0 Å². The molecule has 5 nitrogen and oxygen atoms in total. The molecule has 1 aromatic carbocycles. The molecule has 20 heavy (non-hydrogen) atoms. The Morgan fingerprint density at radius 2 is 2.15 bits per heavy atom. The van der Waals surface area contributed by atoms with Crippen LogP contribution in [0.5, 0.6) is 11.5 Å². The van der Waals surface area contributed by atoms with Gasteiger partial charge < -0.3 is 20.1 Å². The van der Waals surface area contributed by atoms with Gasteiger partial charge in [-0.3, -0.25) is 4.79 Å². The molecule has 0 aliphatic carbocycles. The van der Waals surface area contributed by atoms with Crippen LogP contribution in [0.15, 0.2) is 18.2 Å². The standard InChI is InChI=1S/C15H22N2O3/c1-3-7-16-15(18)11(2)17-10-12-5-4-6-13-14(12)20-9-8-19-13/h4-6,11,17H,3,7-10H2,1-2H3,(H,16,18). The highest BCUT2D eigenvalue weighted by Gasteiger charge is 2.17. The molecule has 0 radical (unpaired) electrons. The zero-order chi connectivity index (χ0) is 14.4. The lowest BCUT2D eigenvalue weighted by Gasteiger charge is -2.22. The van der Waals surface area contributed by atoms with Gasteiger partial charge in [0.1, 0.15) is 13.2 Å². The summed E-state index contributed by atoms with van der Waals surface area (Å²) in [5, 5.41) is 6.08. The molecule has 1 aromatic rings. The monoisotopic (exact) mass is 278 g/mol. The molecular weight excluding hydrogens is 256 g/mol. The lowest BCUT2D eigenvalue weighted by atomic mass is 10.1. The maximum atomic E-state index is 11.8. The number of amides is 1. The maximum absolute atomic E-state index is 11.8. The van der Waals surface area contributed by atoms with E-state index in [2.05, 4.69) is 10.6 Å². The number of hydrogen-bond acceptors (Lipinski definition) is 4. The minimum Gasteiger partial charge on any atom is -0.486 e. The Hall–Kier alpha value is -1.75. The van der Waals surface area contributed by atoms with Gasteiger partial charge in [0.05, 0.1) is 6.04 Å². The van der Waals surface area contributed by atoms with Crippen LogP contribution in [0.25, 0.3) is 0 Å². The molecule has 5 heteroatoms. The number of carbonyl (C=O) groups excluding carboxylic acids is 1. The number of benzene rings is 1. The van der Waals surface area contributed by atoms with E-state index >= 15 is 0 Å². The fourth-order valence-electron chi connectivity index (χ4n) is 2.03. The number of carbonyl (C=O) groups is 1. The van der Waals surface area contributed by atoms with Crippen molar-refractivity contribution in [3.05, 3.63) is 23.8 Å². The molecule has 1 aliphatic rings. The quantitative estimate of drug-likeness (QED) is 0.827. The first kappa shape index (κ1) is 14.7. The summed E-state index contributed by atoms with van der Waals surface area (Å²) in [6.45, 7) is 6.33. The van der Waals surface area contributed by atoms with E-state index in [0.29, 0.717) is 26.3 Å². The topological polar surface area (TPSA) is 59.6 Å². The van der Waals surface area contributed by atoms with Crippen LogP contribution in [0.3, 0.4) is 0 Å². The van der Waals surface area contributed by atoms with Crippen molar-refractivity contribution in [1.82, 2.24) is 10.6 Å². The van der Waals surface area contributed by atoms with Crippen LogP contribution < -0.4 is 20.1 Å². The molecule has 110 valence electrons. The molecule has 2 N–H and O–H groups in total. The second-order valence-electron chi connectivity index (χ2n) is 4.83. The molecule has 0 fully saturated rings. The average Bonchev–Trinajstić information content (AvgIpc) is 2.50. The van der Waals surface area contributed by atoms with Crippen LogP contribution in [0.1, 0.15) is 25.8 Å². The third-order valence-electron chi connectivity index (χ3n) is 3.19. The van der Waals surface area contributed by atoms with Crippen molar-refractivity contribution in [2.45, 2.75) is 32.9 Å². The van der Waals surface area contributed by atoms with Crippen molar-refractivity contribution in [1.29, 1.82) is 0 Å². The molecule has 0 bridgehead atoms. The fourth-order valence-corrected chi connectivity index (χ4v) is 2.03. The van der Waals surface area contributed by atoms with Gasteiger partial charge in [0.25, 0.3) is 0 Å². The number of rotatable bonds is 6. The molecule has 1 heterocycles. The van der Waals surface area contributed by atoms with Gasteiger partial charge in [0.2, 0.25) is 5.91 Å². The van der Waals surface area contributed by atoms with E-state index in [0.717, 1.165) is 23.5 Å². The number of nitrogens with one attached hydrogen (secondary N) is 2. The largest absolute Gasteiger partial charge is 0.486 e. The molecule has 0 spiro atoms. The van der Waals surface area contributed by atoms with Crippen LogP contribution in [-0.4, -0.2) is 31.7 Å². The van der Waals surface area contributed by atoms with E-state index in [9.17, 15) is 4.79 Å². The molecule has 0 saturated heterocycles. The van der Waals surface area contributed by atoms with Crippen molar-refractivity contribution in [3.63, 3.8) is 0 Å². The summed E-state index contributed by atoms with van der Waals surface area (Å²) in [6, 6.07) is 5.58. The van der Waals surface area contributed by atoms with Crippen molar-refractivity contribution in [2.75, 3.05) is 19.8 Å². The zero-order valence-electron chi connectivity index (χ0n) is 12.1. The second-order valence-corrected chi connectivity index (χ2v) is 4.83. The highest BCUT2D eigenvalue weighted by Crippen LogP contribution is 2.33. The third kappa shape index (κ3) is 3.63. The Morgan fingerprint density at radius 1 is 1.35 bits per heavy atom. The van der Waals surface area contributed by atoms with E-state index in [1.807, 2.05) is 32.0 Å². The Labute approximate surface area is 119 Å². The van der Waals surface area contributed by atoms with E-state index in [-0.39, 0.29) is 11.9 Å².